The summed E-state index contributed by atoms with van der Waals surface area (Å²) in [4.78, 5) is 15.6. The summed E-state index contributed by atoms with van der Waals surface area (Å²) in [5.41, 5.74) is 4.05. The SMILES string of the molecule is COC(=O)C(C)Cc1c(C)nn(-c2ccncc2)c1C. The summed E-state index contributed by atoms with van der Waals surface area (Å²) in [7, 11) is 1.42. The summed E-state index contributed by atoms with van der Waals surface area (Å²) in [6.07, 6.45) is 4.11. The van der Waals surface area contributed by atoms with Crippen LogP contribution in [-0.2, 0) is 16.0 Å². The molecule has 2 rings (SSSR count). The van der Waals surface area contributed by atoms with E-state index in [-0.39, 0.29) is 11.9 Å². The number of carbonyl (C=O) groups is 1. The highest BCUT2D eigenvalue weighted by molar-refractivity contribution is 5.72. The van der Waals surface area contributed by atoms with Gasteiger partial charge in [-0.3, -0.25) is 9.78 Å². The van der Waals surface area contributed by atoms with Gasteiger partial charge in [0, 0.05) is 18.1 Å². The average molecular weight is 273 g/mol. The molecule has 0 N–H and O–H groups in total. The maximum atomic E-state index is 11.6. The van der Waals surface area contributed by atoms with Crippen molar-refractivity contribution in [2.24, 2.45) is 5.92 Å². The molecule has 5 nitrogen and oxygen atoms in total. The molecule has 0 aliphatic heterocycles. The number of methoxy groups -OCH3 is 1. The first kappa shape index (κ1) is 14.2. The number of rotatable bonds is 4. The number of carbonyl (C=O) groups excluding carboxylic acids is 1. The standard InChI is InChI=1S/C15H19N3O2/c1-10(15(19)20-4)9-14-11(2)17-18(12(14)3)13-5-7-16-8-6-13/h5-8,10H,9H2,1-4H3. The van der Waals surface area contributed by atoms with E-state index in [4.69, 9.17) is 4.74 Å². The molecule has 0 aliphatic rings. The van der Waals surface area contributed by atoms with Crippen molar-refractivity contribution < 1.29 is 9.53 Å². The Morgan fingerprint density at radius 3 is 2.60 bits per heavy atom. The van der Waals surface area contributed by atoms with Crippen molar-refractivity contribution in [3.05, 3.63) is 41.5 Å². The molecule has 0 saturated carbocycles. The number of ether oxygens (including phenoxy) is 1. The van der Waals surface area contributed by atoms with Crippen molar-refractivity contribution in [1.82, 2.24) is 14.8 Å². The van der Waals surface area contributed by atoms with Crippen LogP contribution in [0.4, 0.5) is 0 Å². The van der Waals surface area contributed by atoms with Crippen LogP contribution in [0, 0.1) is 19.8 Å². The van der Waals surface area contributed by atoms with Gasteiger partial charge in [0.2, 0.25) is 0 Å². The second kappa shape index (κ2) is 5.86. The fourth-order valence-electron chi connectivity index (χ4n) is 2.30. The lowest BCUT2D eigenvalue weighted by Crippen LogP contribution is -2.15. The van der Waals surface area contributed by atoms with Crippen LogP contribution < -0.4 is 0 Å². The van der Waals surface area contributed by atoms with E-state index in [1.54, 1.807) is 12.4 Å². The van der Waals surface area contributed by atoms with Gasteiger partial charge < -0.3 is 4.74 Å². The van der Waals surface area contributed by atoms with Gasteiger partial charge >= 0.3 is 5.97 Å². The molecule has 0 aromatic carbocycles. The van der Waals surface area contributed by atoms with Crippen LogP contribution in [0.2, 0.25) is 0 Å². The van der Waals surface area contributed by atoms with Gasteiger partial charge in [-0.1, -0.05) is 6.92 Å². The van der Waals surface area contributed by atoms with Crippen molar-refractivity contribution in [3.8, 4) is 5.69 Å². The molecule has 20 heavy (non-hydrogen) atoms. The molecule has 0 saturated heterocycles. The molecule has 1 unspecified atom stereocenters. The second-order valence-electron chi connectivity index (χ2n) is 4.89. The highest BCUT2D eigenvalue weighted by Gasteiger charge is 2.19. The first-order chi connectivity index (χ1) is 9.54. The minimum absolute atomic E-state index is 0.174. The lowest BCUT2D eigenvalue weighted by molar-refractivity contribution is -0.144. The quantitative estimate of drug-likeness (QED) is 0.802. The molecule has 0 fully saturated rings. The average Bonchev–Trinajstić information content (AvgIpc) is 2.75. The minimum atomic E-state index is -0.194. The summed E-state index contributed by atoms with van der Waals surface area (Å²) < 4.78 is 6.67. The van der Waals surface area contributed by atoms with Gasteiger partial charge in [0.15, 0.2) is 0 Å². The number of aromatic nitrogens is 3. The first-order valence-electron chi connectivity index (χ1n) is 6.58. The van der Waals surface area contributed by atoms with E-state index >= 15 is 0 Å². The van der Waals surface area contributed by atoms with Crippen molar-refractivity contribution >= 4 is 5.97 Å². The summed E-state index contributed by atoms with van der Waals surface area (Å²) in [6.45, 7) is 5.85. The van der Waals surface area contributed by atoms with Gasteiger partial charge in [-0.05, 0) is 38.0 Å². The Hall–Kier alpha value is -2.17. The third-order valence-electron chi connectivity index (χ3n) is 3.46. The van der Waals surface area contributed by atoms with Gasteiger partial charge in [0.05, 0.1) is 24.4 Å². The third kappa shape index (κ3) is 2.71. The number of aryl methyl sites for hydroxylation is 1. The lowest BCUT2D eigenvalue weighted by Gasteiger charge is -2.09. The predicted octanol–water partition coefficient (Wildman–Crippen LogP) is 2.24. The minimum Gasteiger partial charge on any atom is -0.469 e. The fourth-order valence-corrected chi connectivity index (χ4v) is 2.30. The molecule has 2 aromatic rings. The molecule has 0 amide bonds. The largest absolute Gasteiger partial charge is 0.469 e. The number of hydrogen-bond acceptors (Lipinski definition) is 4. The van der Waals surface area contributed by atoms with Gasteiger partial charge in [0.25, 0.3) is 0 Å². The lowest BCUT2D eigenvalue weighted by atomic mass is 10.00. The summed E-state index contributed by atoms with van der Waals surface area (Å²) in [5.74, 6) is -0.368. The molecular weight excluding hydrogens is 254 g/mol. The maximum absolute atomic E-state index is 11.6. The van der Waals surface area contributed by atoms with Crippen LogP contribution in [0.15, 0.2) is 24.5 Å². The van der Waals surface area contributed by atoms with Crippen LogP contribution in [0.5, 0.6) is 0 Å². The number of nitrogens with zero attached hydrogens (tertiary/aromatic N) is 3. The van der Waals surface area contributed by atoms with E-state index < -0.39 is 0 Å². The van der Waals surface area contributed by atoms with Gasteiger partial charge in [-0.2, -0.15) is 5.10 Å². The molecule has 1 atom stereocenters. The van der Waals surface area contributed by atoms with Gasteiger partial charge in [-0.15, -0.1) is 0 Å². The van der Waals surface area contributed by atoms with Crippen molar-refractivity contribution in [2.75, 3.05) is 7.11 Å². The fraction of sp³-hybridized carbons (Fsp3) is 0.400. The predicted molar refractivity (Wildman–Crippen MR) is 75.7 cm³/mol. The smallest absolute Gasteiger partial charge is 0.308 e. The number of pyridine rings is 1. The second-order valence-corrected chi connectivity index (χ2v) is 4.89. The zero-order chi connectivity index (χ0) is 14.7. The molecule has 0 spiro atoms. The number of hydrogen-bond donors (Lipinski definition) is 0. The van der Waals surface area contributed by atoms with E-state index in [1.165, 1.54) is 7.11 Å². The van der Waals surface area contributed by atoms with Crippen LogP contribution in [0.1, 0.15) is 23.9 Å². The molecule has 2 aromatic heterocycles. The van der Waals surface area contributed by atoms with E-state index in [0.29, 0.717) is 6.42 Å². The highest BCUT2D eigenvalue weighted by Crippen LogP contribution is 2.21. The Kier molecular flexibility index (Phi) is 4.17. The van der Waals surface area contributed by atoms with Crippen molar-refractivity contribution in [3.63, 3.8) is 0 Å². The van der Waals surface area contributed by atoms with E-state index in [0.717, 1.165) is 22.6 Å². The summed E-state index contributed by atoms with van der Waals surface area (Å²) in [5, 5.41) is 4.56. The highest BCUT2D eigenvalue weighted by atomic mass is 16.5. The topological polar surface area (TPSA) is 57.0 Å². The van der Waals surface area contributed by atoms with Crippen LogP contribution in [0.3, 0.4) is 0 Å². The first-order valence-corrected chi connectivity index (χ1v) is 6.58. The Labute approximate surface area is 118 Å². The Morgan fingerprint density at radius 1 is 1.35 bits per heavy atom. The maximum Gasteiger partial charge on any atom is 0.308 e. The third-order valence-corrected chi connectivity index (χ3v) is 3.46. The van der Waals surface area contributed by atoms with Crippen LogP contribution in [0.25, 0.3) is 5.69 Å². The monoisotopic (exact) mass is 273 g/mol. The van der Waals surface area contributed by atoms with Gasteiger partial charge in [-0.25, -0.2) is 4.68 Å². The van der Waals surface area contributed by atoms with Crippen molar-refractivity contribution in [1.29, 1.82) is 0 Å². The zero-order valence-corrected chi connectivity index (χ0v) is 12.3. The molecular formula is C15H19N3O2. The molecule has 2 heterocycles. The molecule has 0 bridgehead atoms. The van der Waals surface area contributed by atoms with E-state index in [9.17, 15) is 4.79 Å². The normalized spacial score (nSPS) is 12.2. The van der Waals surface area contributed by atoms with Crippen molar-refractivity contribution in [2.45, 2.75) is 27.2 Å². The van der Waals surface area contributed by atoms with Crippen LogP contribution in [-0.4, -0.2) is 27.8 Å². The summed E-state index contributed by atoms with van der Waals surface area (Å²) in [6, 6.07) is 3.82. The van der Waals surface area contributed by atoms with Gasteiger partial charge in [0.1, 0.15) is 0 Å². The van der Waals surface area contributed by atoms with Crippen LogP contribution >= 0.6 is 0 Å². The molecule has 106 valence electrons. The molecule has 0 radical (unpaired) electrons. The Balaban J connectivity index is 2.33. The Bertz CT molecular complexity index is 605. The molecule has 5 heteroatoms. The molecule has 0 aliphatic carbocycles. The van der Waals surface area contributed by atoms with E-state index in [1.807, 2.05) is 37.6 Å². The number of esters is 1. The summed E-state index contributed by atoms with van der Waals surface area (Å²) >= 11 is 0. The zero-order valence-electron chi connectivity index (χ0n) is 12.3. The van der Waals surface area contributed by atoms with E-state index in [2.05, 4.69) is 10.1 Å². The Morgan fingerprint density at radius 2 is 2.00 bits per heavy atom.